The van der Waals surface area contributed by atoms with Crippen molar-refractivity contribution < 1.29 is 9.18 Å². The van der Waals surface area contributed by atoms with Crippen LogP contribution >= 0.6 is 0 Å². The molecule has 0 radical (unpaired) electrons. The number of amides is 1. The number of aromatic nitrogens is 1. The standard InChI is InChI=1S/C11H14FN3O/c12-9-2-1-3-10(14-9)15-11(16)8-4-6-13-7-5-8/h1-3,8,13H,4-7H2,(H,14,15,16). The predicted octanol–water partition coefficient (Wildman–Crippen LogP) is 1.16. The number of carbonyl (C=O) groups excluding carboxylic acids is 1. The van der Waals surface area contributed by atoms with E-state index < -0.39 is 5.95 Å². The van der Waals surface area contributed by atoms with Gasteiger partial charge in [0.1, 0.15) is 5.82 Å². The van der Waals surface area contributed by atoms with Crippen molar-refractivity contribution in [3.05, 3.63) is 24.1 Å². The number of piperidine rings is 1. The van der Waals surface area contributed by atoms with Crippen LogP contribution in [0.4, 0.5) is 10.2 Å². The van der Waals surface area contributed by atoms with Gasteiger partial charge in [-0.15, -0.1) is 0 Å². The zero-order valence-electron chi connectivity index (χ0n) is 8.87. The Hall–Kier alpha value is -1.49. The Bertz CT molecular complexity index is 377. The molecule has 0 aromatic carbocycles. The molecule has 1 aliphatic heterocycles. The predicted molar refractivity (Wildman–Crippen MR) is 58.4 cm³/mol. The average molecular weight is 223 g/mol. The first-order chi connectivity index (χ1) is 7.75. The summed E-state index contributed by atoms with van der Waals surface area (Å²) < 4.78 is 12.8. The molecule has 1 aliphatic rings. The molecule has 0 saturated carbocycles. The van der Waals surface area contributed by atoms with Crippen molar-refractivity contribution in [2.45, 2.75) is 12.8 Å². The average Bonchev–Trinajstić information content (AvgIpc) is 2.30. The number of anilines is 1. The molecule has 0 aliphatic carbocycles. The van der Waals surface area contributed by atoms with Gasteiger partial charge in [0.15, 0.2) is 0 Å². The highest BCUT2D eigenvalue weighted by Gasteiger charge is 2.21. The molecular formula is C11H14FN3O. The summed E-state index contributed by atoms with van der Waals surface area (Å²) in [6.07, 6.45) is 1.64. The van der Waals surface area contributed by atoms with E-state index in [2.05, 4.69) is 15.6 Å². The lowest BCUT2D eigenvalue weighted by Gasteiger charge is -2.21. The molecule has 5 heteroatoms. The van der Waals surface area contributed by atoms with Crippen molar-refractivity contribution in [3.8, 4) is 0 Å². The molecular weight excluding hydrogens is 209 g/mol. The van der Waals surface area contributed by atoms with Crippen LogP contribution < -0.4 is 10.6 Å². The molecule has 0 atom stereocenters. The molecule has 16 heavy (non-hydrogen) atoms. The fourth-order valence-corrected chi connectivity index (χ4v) is 1.79. The largest absolute Gasteiger partial charge is 0.317 e. The van der Waals surface area contributed by atoms with Gasteiger partial charge in [0, 0.05) is 5.92 Å². The van der Waals surface area contributed by atoms with Crippen LogP contribution in [0.5, 0.6) is 0 Å². The molecule has 1 saturated heterocycles. The fourth-order valence-electron chi connectivity index (χ4n) is 1.79. The van der Waals surface area contributed by atoms with Gasteiger partial charge in [0.05, 0.1) is 0 Å². The van der Waals surface area contributed by atoms with Crippen molar-refractivity contribution in [2.75, 3.05) is 18.4 Å². The summed E-state index contributed by atoms with van der Waals surface area (Å²) in [5.74, 6) is -0.363. The lowest BCUT2D eigenvalue weighted by Crippen LogP contribution is -2.34. The second-order valence-electron chi connectivity index (χ2n) is 3.86. The Morgan fingerprint density at radius 3 is 2.88 bits per heavy atom. The molecule has 1 fully saturated rings. The number of hydrogen-bond donors (Lipinski definition) is 2. The van der Waals surface area contributed by atoms with Crippen LogP contribution in [0.15, 0.2) is 18.2 Å². The number of halogens is 1. The van der Waals surface area contributed by atoms with Crippen molar-refractivity contribution in [1.82, 2.24) is 10.3 Å². The Morgan fingerprint density at radius 2 is 2.19 bits per heavy atom. The normalized spacial score (nSPS) is 17.1. The molecule has 2 rings (SSSR count). The number of rotatable bonds is 2. The highest BCUT2D eigenvalue weighted by Crippen LogP contribution is 2.14. The Kier molecular flexibility index (Phi) is 3.46. The maximum absolute atomic E-state index is 12.8. The summed E-state index contributed by atoms with van der Waals surface area (Å²) in [6, 6.07) is 4.36. The van der Waals surface area contributed by atoms with E-state index in [1.807, 2.05) is 0 Å². The first-order valence-electron chi connectivity index (χ1n) is 5.40. The zero-order valence-corrected chi connectivity index (χ0v) is 8.87. The lowest BCUT2D eigenvalue weighted by molar-refractivity contribution is -0.120. The third-order valence-electron chi connectivity index (χ3n) is 2.68. The van der Waals surface area contributed by atoms with Gasteiger partial charge in [-0.25, -0.2) is 4.98 Å². The van der Waals surface area contributed by atoms with Crippen LogP contribution in [0, 0.1) is 11.9 Å². The molecule has 1 aromatic rings. The monoisotopic (exact) mass is 223 g/mol. The van der Waals surface area contributed by atoms with Gasteiger partial charge >= 0.3 is 0 Å². The number of nitrogens with zero attached hydrogens (tertiary/aromatic N) is 1. The summed E-state index contributed by atoms with van der Waals surface area (Å²) >= 11 is 0. The van der Waals surface area contributed by atoms with Crippen molar-refractivity contribution in [3.63, 3.8) is 0 Å². The Balaban J connectivity index is 1.96. The summed E-state index contributed by atoms with van der Waals surface area (Å²) in [7, 11) is 0. The molecule has 1 amide bonds. The van der Waals surface area contributed by atoms with E-state index in [1.165, 1.54) is 12.1 Å². The van der Waals surface area contributed by atoms with Gasteiger partial charge in [0.25, 0.3) is 0 Å². The highest BCUT2D eigenvalue weighted by molar-refractivity contribution is 5.91. The first-order valence-corrected chi connectivity index (χ1v) is 5.40. The van der Waals surface area contributed by atoms with E-state index in [0.29, 0.717) is 0 Å². The van der Waals surface area contributed by atoms with E-state index in [-0.39, 0.29) is 17.6 Å². The SMILES string of the molecule is O=C(Nc1cccc(F)n1)C1CCNCC1. The Morgan fingerprint density at radius 1 is 1.44 bits per heavy atom. The van der Waals surface area contributed by atoms with Crippen molar-refractivity contribution >= 4 is 11.7 Å². The summed E-state index contributed by atoms with van der Waals surface area (Å²) in [5.41, 5.74) is 0. The maximum atomic E-state index is 12.8. The first kappa shape index (κ1) is 11.0. The third-order valence-corrected chi connectivity index (χ3v) is 2.68. The molecule has 2 N–H and O–H groups in total. The number of pyridine rings is 1. The lowest BCUT2D eigenvalue weighted by atomic mass is 9.97. The minimum atomic E-state index is -0.580. The van der Waals surface area contributed by atoms with E-state index >= 15 is 0 Å². The molecule has 0 unspecified atom stereocenters. The van der Waals surface area contributed by atoms with Crippen molar-refractivity contribution in [1.29, 1.82) is 0 Å². The summed E-state index contributed by atoms with van der Waals surface area (Å²) in [4.78, 5) is 15.4. The second-order valence-corrected chi connectivity index (χ2v) is 3.86. The molecule has 4 nitrogen and oxygen atoms in total. The third kappa shape index (κ3) is 2.76. The molecule has 2 heterocycles. The van der Waals surface area contributed by atoms with Gasteiger partial charge in [-0.3, -0.25) is 4.79 Å². The number of nitrogens with one attached hydrogen (secondary N) is 2. The van der Waals surface area contributed by atoms with E-state index in [0.717, 1.165) is 25.9 Å². The minimum absolute atomic E-state index is 0.00585. The molecule has 0 spiro atoms. The van der Waals surface area contributed by atoms with Crippen LogP contribution in [0.2, 0.25) is 0 Å². The highest BCUT2D eigenvalue weighted by atomic mass is 19.1. The number of hydrogen-bond acceptors (Lipinski definition) is 3. The topological polar surface area (TPSA) is 54.0 Å². The second kappa shape index (κ2) is 5.03. The van der Waals surface area contributed by atoms with Crippen LogP contribution in [-0.4, -0.2) is 24.0 Å². The van der Waals surface area contributed by atoms with Crippen LogP contribution in [0.25, 0.3) is 0 Å². The molecule has 1 aromatic heterocycles. The van der Waals surface area contributed by atoms with Crippen molar-refractivity contribution in [2.24, 2.45) is 5.92 Å². The summed E-state index contributed by atoms with van der Waals surface area (Å²) in [5, 5.41) is 5.82. The molecule has 86 valence electrons. The van der Waals surface area contributed by atoms with Gasteiger partial charge < -0.3 is 10.6 Å². The smallest absolute Gasteiger partial charge is 0.228 e. The van der Waals surface area contributed by atoms with Crippen LogP contribution in [-0.2, 0) is 4.79 Å². The fraction of sp³-hybridized carbons (Fsp3) is 0.455. The van der Waals surface area contributed by atoms with Gasteiger partial charge in [-0.2, -0.15) is 4.39 Å². The summed E-state index contributed by atoms with van der Waals surface area (Å²) in [6.45, 7) is 1.71. The zero-order chi connectivity index (χ0) is 11.4. The van der Waals surface area contributed by atoms with Gasteiger partial charge in [-0.1, -0.05) is 6.07 Å². The van der Waals surface area contributed by atoms with E-state index in [9.17, 15) is 9.18 Å². The Labute approximate surface area is 93.3 Å². The van der Waals surface area contributed by atoms with E-state index in [4.69, 9.17) is 0 Å². The van der Waals surface area contributed by atoms with E-state index in [1.54, 1.807) is 6.07 Å². The number of carbonyl (C=O) groups is 1. The van der Waals surface area contributed by atoms with Crippen LogP contribution in [0.3, 0.4) is 0 Å². The minimum Gasteiger partial charge on any atom is -0.317 e. The van der Waals surface area contributed by atoms with Crippen LogP contribution in [0.1, 0.15) is 12.8 Å². The van der Waals surface area contributed by atoms with Gasteiger partial charge in [-0.05, 0) is 38.1 Å². The van der Waals surface area contributed by atoms with Gasteiger partial charge in [0.2, 0.25) is 11.9 Å². The molecule has 0 bridgehead atoms. The quantitative estimate of drug-likeness (QED) is 0.740. The maximum Gasteiger partial charge on any atom is 0.228 e.